The Morgan fingerprint density at radius 3 is 2.83 bits per heavy atom. The minimum Gasteiger partial charge on any atom is -0.466 e. The van der Waals surface area contributed by atoms with E-state index in [0.717, 1.165) is 5.70 Å². The molecule has 70 valence electrons. The summed E-state index contributed by atoms with van der Waals surface area (Å²) in [4.78, 5) is 10.7. The fraction of sp³-hybridized carbons (Fsp3) is 0.625. The van der Waals surface area contributed by atoms with Gasteiger partial charge in [0.15, 0.2) is 0 Å². The van der Waals surface area contributed by atoms with Gasteiger partial charge in [0.2, 0.25) is 0 Å². The molecule has 0 amide bonds. The van der Waals surface area contributed by atoms with Gasteiger partial charge in [0.05, 0.1) is 7.11 Å². The first kappa shape index (κ1) is 11.0. The van der Waals surface area contributed by atoms with Crippen LogP contribution in [0.4, 0.5) is 0 Å². The number of nitrogens with one attached hydrogen (secondary N) is 1. The lowest BCUT2D eigenvalue weighted by atomic mass is 10.4. The summed E-state index contributed by atoms with van der Waals surface area (Å²) in [6.45, 7) is 2.59. The maximum absolute atomic E-state index is 10.7. The molecular formula is C8H15NO3. The van der Waals surface area contributed by atoms with Gasteiger partial charge in [0.25, 0.3) is 0 Å². The van der Waals surface area contributed by atoms with Crippen molar-refractivity contribution in [1.29, 1.82) is 0 Å². The van der Waals surface area contributed by atoms with Crippen molar-refractivity contribution < 1.29 is 14.6 Å². The third-order valence-corrected chi connectivity index (χ3v) is 1.27. The first-order valence-corrected chi connectivity index (χ1v) is 3.81. The number of aliphatic hydroxyl groups excluding tert-OH is 1. The Hall–Kier alpha value is -1.03. The second kappa shape index (κ2) is 6.67. The zero-order valence-corrected chi connectivity index (χ0v) is 7.46. The molecule has 0 atom stereocenters. The lowest BCUT2D eigenvalue weighted by Gasteiger charge is -2.03. The maximum Gasteiger partial charge on any atom is 0.332 e. The van der Waals surface area contributed by atoms with E-state index < -0.39 is 0 Å². The number of ether oxygens (including phenoxy) is 1. The summed E-state index contributed by atoms with van der Waals surface area (Å²) in [6, 6.07) is 0. The summed E-state index contributed by atoms with van der Waals surface area (Å²) in [5.74, 6) is -0.371. The van der Waals surface area contributed by atoms with Crippen LogP contribution >= 0.6 is 0 Å². The molecule has 0 saturated heterocycles. The molecule has 0 radical (unpaired) electrons. The zero-order valence-electron chi connectivity index (χ0n) is 7.46. The lowest BCUT2D eigenvalue weighted by Crippen LogP contribution is -2.15. The fourth-order valence-corrected chi connectivity index (χ4v) is 0.651. The van der Waals surface area contributed by atoms with Crippen LogP contribution in [0.15, 0.2) is 11.8 Å². The molecule has 0 bridgehead atoms. The van der Waals surface area contributed by atoms with E-state index in [0.29, 0.717) is 13.0 Å². The topological polar surface area (TPSA) is 58.6 Å². The highest BCUT2D eigenvalue weighted by Gasteiger charge is 1.94. The number of allylic oxidation sites excluding steroid dienone is 1. The average molecular weight is 173 g/mol. The van der Waals surface area contributed by atoms with Gasteiger partial charge in [-0.05, 0) is 13.3 Å². The van der Waals surface area contributed by atoms with Crippen molar-refractivity contribution in [2.45, 2.75) is 13.3 Å². The molecule has 0 rings (SSSR count). The van der Waals surface area contributed by atoms with Crippen LogP contribution in [-0.4, -0.2) is 31.3 Å². The smallest absolute Gasteiger partial charge is 0.332 e. The molecule has 12 heavy (non-hydrogen) atoms. The largest absolute Gasteiger partial charge is 0.466 e. The van der Waals surface area contributed by atoms with E-state index in [4.69, 9.17) is 5.11 Å². The highest BCUT2D eigenvalue weighted by atomic mass is 16.5. The van der Waals surface area contributed by atoms with E-state index in [1.165, 1.54) is 13.2 Å². The van der Waals surface area contributed by atoms with Gasteiger partial charge >= 0.3 is 5.97 Å². The number of esters is 1. The van der Waals surface area contributed by atoms with Crippen LogP contribution in [0, 0.1) is 0 Å². The molecule has 0 heterocycles. The highest BCUT2D eigenvalue weighted by Crippen LogP contribution is 1.88. The van der Waals surface area contributed by atoms with Crippen molar-refractivity contribution in [3.8, 4) is 0 Å². The Morgan fingerprint density at radius 2 is 2.33 bits per heavy atom. The SMILES string of the molecule is COC(=O)/C=C(\C)NCCCO. The first-order chi connectivity index (χ1) is 5.70. The normalized spacial score (nSPS) is 11.1. The van der Waals surface area contributed by atoms with Crippen LogP contribution in [0.5, 0.6) is 0 Å². The standard InChI is InChI=1S/C8H15NO3/c1-7(6-8(11)12-2)9-4-3-5-10/h6,9-10H,3-5H2,1-2H3/b7-6+. The Kier molecular flexibility index (Phi) is 6.09. The van der Waals surface area contributed by atoms with E-state index in [2.05, 4.69) is 10.1 Å². The van der Waals surface area contributed by atoms with Gasteiger partial charge in [-0.15, -0.1) is 0 Å². The van der Waals surface area contributed by atoms with Crippen molar-refractivity contribution in [2.24, 2.45) is 0 Å². The summed E-state index contributed by atoms with van der Waals surface area (Å²) >= 11 is 0. The number of hydrogen-bond donors (Lipinski definition) is 2. The molecular weight excluding hydrogens is 158 g/mol. The molecule has 0 aliphatic rings. The summed E-state index contributed by atoms with van der Waals surface area (Å²) in [7, 11) is 1.33. The predicted octanol–water partition coefficient (Wildman–Crippen LogP) is 0.0352. The Balaban J connectivity index is 3.62. The third-order valence-electron chi connectivity index (χ3n) is 1.27. The van der Waals surface area contributed by atoms with Gasteiger partial charge in [-0.25, -0.2) is 4.79 Å². The summed E-state index contributed by atoms with van der Waals surface area (Å²) in [6.07, 6.45) is 2.05. The number of hydrogen-bond acceptors (Lipinski definition) is 4. The number of carbonyl (C=O) groups is 1. The first-order valence-electron chi connectivity index (χ1n) is 3.81. The van der Waals surface area contributed by atoms with Crippen molar-refractivity contribution in [3.63, 3.8) is 0 Å². The summed E-state index contributed by atoms with van der Waals surface area (Å²) in [5, 5.41) is 11.4. The second-order valence-electron chi connectivity index (χ2n) is 2.35. The number of rotatable bonds is 5. The molecule has 4 nitrogen and oxygen atoms in total. The minimum absolute atomic E-state index is 0.151. The molecule has 0 fully saturated rings. The Morgan fingerprint density at radius 1 is 1.67 bits per heavy atom. The zero-order chi connectivity index (χ0) is 9.40. The molecule has 0 aliphatic heterocycles. The van der Waals surface area contributed by atoms with E-state index in [9.17, 15) is 4.79 Å². The van der Waals surface area contributed by atoms with E-state index >= 15 is 0 Å². The average Bonchev–Trinajstić information content (AvgIpc) is 2.05. The third kappa shape index (κ3) is 5.73. The van der Waals surface area contributed by atoms with Crippen molar-refractivity contribution in [1.82, 2.24) is 5.32 Å². The highest BCUT2D eigenvalue weighted by molar-refractivity contribution is 5.82. The van der Waals surface area contributed by atoms with Crippen LogP contribution < -0.4 is 5.32 Å². The van der Waals surface area contributed by atoms with E-state index in [1.54, 1.807) is 6.92 Å². The van der Waals surface area contributed by atoms with Crippen molar-refractivity contribution >= 4 is 5.97 Å². The molecule has 0 saturated carbocycles. The van der Waals surface area contributed by atoms with Gasteiger partial charge in [0.1, 0.15) is 0 Å². The van der Waals surface area contributed by atoms with Gasteiger partial charge in [-0.2, -0.15) is 0 Å². The number of aliphatic hydroxyl groups is 1. The van der Waals surface area contributed by atoms with Crippen molar-refractivity contribution in [2.75, 3.05) is 20.3 Å². The molecule has 4 heteroatoms. The number of methoxy groups -OCH3 is 1. The van der Waals surface area contributed by atoms with Crippen LogP contribution in [0.3, 0.4) is 0 Å². The molecule has 0 aliphatic carbocycles. The van der Waals surface area contributed by atoms with Gasteiger partial charge in [0, 0.05) is 24.9 Å². The summed E-state index contributed by atoms with van der Waals surface area (Å²) in [5.41, 5.74) is 0.746. The Bertz CT molecular complexity index is 166. The van der Waals surface area contributed by atoms with Gasteiger partial charge < -0.3 is 15.2 Å². The maximum atomic E-state index is 10.7. The van der Waals surface area contributed by atoms with Gasteiger partial charge in [-0.3, -0.25) is 0 Å². The molecule has 0 aromatic heterocycles. The monoisotopic (exact) mass is 173 g/mol. The molecule has 0 aromatic carbocycles. The van der Waals surface area contributed by atoms with Crippen LogP contribution in [0.1, 0.15) is 13.3 Å². The lowest BCUT2D eigenvalue weighted by molar-refractivity contribution is -0.134. The van der Waals surface area contributed by atoms with Crippen molar-refractivity contribution in [3.05, 3.63) is 11.8 Å². The van der Waals surface area contributed by atoms with Crippen LogP contribution in [0.2, 0.25) is 0 Å². The number of carbonyl (C=O) groups excluding carboxylic acids is 1. The molecule has 2 N–H and O–H groups in total. The quantitative estimate of drug-likeness (QED) is 0.350. The summed E-state index contributed by atoms with van der Waals surface area (Å²) < 4.78 is 4.42. The molecule has 0 aromatic rings. The van der Waals surface area contributed by atoms with E-state index in [-0.39, 0.29) is 12.6 Å². The van der Waals surface area contributed by atoms with Crippen LogP contribution in [0.25, 0.3) is 0 Å². The predicted molar refractivity (Wildman–Crippen MR) is 45.5 cm³/mol. The Labute approximate surface area is 72.2 Å². The minimum atomic E-state index is -0.371. The molecule has 0 spiro atoms. The fourth-order valence-electron chi connectivity index (χ4n) is 0.651. The molecule has 0 unspecified atom stereocenters. The van der Waals surface area contributed by atoms with Crippen LogP contribution in [-0.2, 0) is 9.53 Å². The van der Waals surface area contributed by atoms with E-state index in [1.807, 2.05) is 0 Å². The van der Waals surface area contributed by atoms with Gasteiger partial charge in [-0.1, -0.05) is 0 Å². The second-order valence-corrected chi connectivity index (χ2v) is 2.35.